The summed E-state index contributed by atoms with van der Waals surface area (Å²) in [6.07, 6.45) is 0. The first-order chi connectivity index (χ1) is 9.91. The largest absolute Gasteiger partial charge is 0.326 e. The van der Waals surface area contributed by atoms with Gasteiger partial charge in [-0.15, -0.1) is 0 Å². The highest BCUT2D eigenvalue weighted by Gasteiger charge is 2.32. The van der Waals surface area contributed by atoms with Gasteiger partial charge in [-0.05, 0) is 37.6 Å². The molecule has 0 aliphatic carbocycles. The van der Waals surface area contributed by atoms with Crippen molar-refractivity contribution in [3.05, 3.63) is 29.3 Å². The van der Waals surface area contributed by atoms with Gasteiger partial charge in [0, 0.05) is 32.2 Å². The summed E-state index contributed by atoms with van der Waals surface area (Å²) in [5.74, 6) is 0. The van der Waals surface area contributed by atoms with E-state index in [0.717, 1.165) is 24.2 Å². The van der Waals surface area contributed by atoms with Crippen LogP contribution in [-0.4, -0.2) is 49.8 Å². The Balaban J connectivity index is 2.31. The van der Waals surface area contributed by atoms with Crippen molar-refractivity contribution in [2.75, 3.05) is 26.2 Å². The first kappa shape index (κ1) is 16.4. The lowest BCUT2D eigenvalue weighted by Crippen LogP contribution is -2.53. The van der Waals surface area contributed by atoms with Gasteiger partial charge in [-0.1, -0.05) is 19.1 Å². The molecule has 1 aromatic carbocycles. The van der Waals surface area contributed by atoms with E-state index in [-0.39, 0.29) is 6.04 Å². The van der Waals surface area contributed by atoms with Gasteiger partial charge in [0.2, 0.25) is 10.0 Å². The van der Waals surface area contributed by atoms with Crippen LogP contribution in [0.15, 0.2) is 23.1 Å². The summed E-state index contributed by atoms with van der Waals surface area (Å²) < 4.78 is 27.4. The third-order valence-electron chi connectivity index (χ3n) is 4.37. The molecule has 0 amide bonds. The van der Waals surface area contributed by atoms with Gasteiger partial charge >= 0.3 is 0 Å². The van der Waals surface area contributed by atoms with Gasteiger partial charge in [0.15, 0.2) is 0 Å². The molecule has 0 bridgehead atoms. The van der Waals surface area contributed by atoms with Crippen LogP contribution in [0.25, 0.3) is 0 Å². The molecule has 5 nitrogen and oxygen atoms in total. The van der Waals surface area contributed by atoms with Crippen molar-refractivity contribution in [1.29, 1.82) is 0 Å². The maximum absolute atomic E-state index is 12.9. The SMILES string of the molecule is CCN1CCN(S(=O)(=O)c2cccc(CN)c2C)CC1C. The predicted octanol–water partition coefficient (Wildman–Crippen LogP) is 1.17. The topological polar surface area (TPSA) is 66.6 Å². The van der Waals surface area contributed by atoms with E-state index in [1.165, 1.54) is 0 Å². The third-order valence-corrected chi connectivity index (χ3v) is 6.38. The van der Waals surface area contributed by atoms with Crippen LogP contribution in [-0.2, 0) is 16.6 Å². The van der Waals surface area contributed by atoms with Crippen molar-refractivity contribution in [3.63, 3.8) is 0 Å². The maximum Gasteiger partial charge on any atom is 0.243 e. The molecule has 6 heteroatoms. The number of sulfonamides is 1. The Morgan fingerprint density at radius 2 is 2.05 bits per heavy atom. The second-order valence-electron chi connectivity index (χ2n) is 5.59. The minimum absolute atomic E-state index is 0.247. The Morgan fingerprint density at radius 3 is 2.62 bits per heavy atom. The third kappa shape index (κ3) is 3.13. The fourth-order valence-corrected chi connectivity index (χ4v) is 4.73. The fraction of sp³-hybridized carbons (Fsp3) is 0.600. The predicted molar refractivity (Wildman–Crippen MR) is 84.5 cm³/mol. The minimum Gasteiger partial charge on any atom is -0.326 e. The lowest BCUT2D eigenvalue weighted by atomic mass is 10.1. The molecule has 1 aromatic rings. The number of piperazine rings is 1. The lowest BCUT2D eigenvalue weighted by molar-refractivity contribution is 0.135. The number of likely N-dealkylation sites (N-methyl/N-ethyl adjacent to an activating group) is 1. The van der Waals surface area contributed by atoms with Gasteiger partial charge in [0.05, 0.1) is 4.90 Å². The Hall–Kier alpha value is -0.950. The summed E-state index contributed by atoms with van der Waals surface area (Å²) in [6, 6.07) is 5.58. The van der Waals surface area contributed by atoms with E-state index in [0.29, 0.717) is 24.5 Å². The van der Waals surface area contributed by atoms with Crippen molar-refractivity contribution in [2.24, 2.45) is 5.73 Å². The molecule has 2 N–H and O–H groups in total. The number of rotatable bonds is 4. The van der Waals surface area contributed by atoms with Gasteiger partial charge in [-0.3, -0.25) is 4.90 Å². The van der Waals surface area contributed by atoms with Gasteiger partial charge in [-0.25, -0.2) is 8.42 Å². The first-order valence-corrected chi connectivity index (χ1v) is 8.88. The van der Waals surface area contributed by atoms with E-state index in [1.54, 1.807) is 16.4 Å². The molecular formula is C15H25N3O2S. The van der Waals surface area contributed by atoms with E-state index in [4.69, 9.17) is 5.73 Å². The smallest absolute Gasteiger partial charge is 0.243 e. The van der Waals surface area contributed by atoms with Crippen molar-refractivity contribution in [2.45, 2.75) is 38.3 Å². The monoisotopic (exact) mass is 311 g/mol. The number of nitrogens with two attached hydrogens (primary N) is 1. The molecule has 1 heterocycles. The molecular weight excluding hydrogens is 286 g/mol. The summed E-state index contributed by atoms with van der Waals surface area (Å²) in [4.78, 5) is 2.69. The molecule has 0 saturated carbocycles. The Bertz CT molecular complexity index is 601. The number of hydrogen-bond acceptors (Lipinski definition) is 4. The van der Waals surface area contributed by atoms with Crippen LogP contribution in [0.5, 0.6) is 0 Å². The highest BCUT2D eigenvalue weighted by atomic mass is 32.2. The van der Waals surface area contributed by atoms with Crippen LogP contribution >= 0.6 is 0 Å². The molecule has 1 unspecified atom stereocenters. The molecule has 1 aliphatic rings. The second kappa shape index (κ2) is 6.44. The normalized spacial score (nSPS) is 21.6. The van der Waals surface area contributed by atoms with E-state index in [2.05, 4.69) is 18.7 Å². The molecule has 1 atom stereocenters. The zero-order valence-electron chi connectivity index (χ0n) is 13.0. The molecule has 0 radical (unpaired) electrons. The van der Waals surface area contributed by atoms with Crippen LogP contribution in [0.4, 0.5) is 0 Å². The minimum atomic E-state index is -3.44. The Morgan fingerprint density at radius 1 is 1.33 bits per heavy atom. The van der Waals surface area contributed by atoms with E-state index < -0.39 is 10.0 Å². The number of hydrogen-bond donors (Lipinski definition) is 1. The summed E-state index contributed by atoms with van der Waals surface area (Å²) in [7, 11) is -3.44. The molecule has 118 valence electrons. The van der Waals surface area contributed by atoms with Gasteiger partial charge < -0.3 is 5.73 Å². The van der Waals surface area contributed by atoms with E-state index in [1.807, 2.05) is 13.0 Å². The van der Waals surface area contributed by atoms with Crippen molar-refractivity contribution in [1.82, 2.24) is 9.21 Å². The highest BCUT2D eigenvalue weighted by molar-refractivity contribution is 7.89. The lowest BCUT2D eigenvalue weighted by Gasteiger charge is -2.38. The first-order valence-electron chi connectivity index (χ1n) is 7.44. The Labute approximate surface area is 127 Å². The zero-order valence-corrected chi connectivity index (χ0v) is 13.9. The zero-order chi connectivity index (χ0) is 15.6. The van der Waals surface area contributed by atoms with Crippen LogP contribution < -0.4 is 5.73 Å². The molecule has 1 fully saturated rings. The quantitative estimate of drug-likeness (QED) is 0.906. The number of benzene rings is 1. The summed E-state index contributed by atoms with van der Waals surface area (Å²) in [6.45, 7) is 9.21. The summed E-state index contributed by atoms with van der Waals surface area (Å²) in [5.41, 5.74) is 7.34. The Kier molecular flexibility index (Phi) is 5.03. The fourth-order valence-electron chi connectivity index (χ4n) is 2.95. The summed E-state index contributed by atoms with van der Waals surface area (Å²) in [5, 5.41) is 0. The van der Waals surface area contributed by atoms with Crippen LogP contribution in [0.1, 0.15) is 25.0 Å². The van der Waals surface area contributed by atoms with Crippen LogP contribution in [0.3, 0.4) is 0 Å². The van der Waals surface area contributed by atoms with Crippen LogP contribution in [0, 0.1) is 6.92 Å². The molecule has 0 spiro atoms. The van der Waals surface area contributed by atoms with Crippen molar-refractivity contribution in [3.8, 4) is 0 Å². The number of nitrogens with zero attached hydrogens (tertiary/aromatic N) is 2. The molecule has 0 aromatic heterocycles. The van der Waals surface area contributed by atoms with Crippen LogP contribution in [0.2, 0.25) is 0 Å². The second-order valence-corrected chi connectivity index (χ2v) is 7.49. The van der Waals surface area contributed by atoms with E-state index in [9.17, 15) is 8.42 Å². The van der Waals surface area contributed by atoms with Gasteiger partial charge in [-0.2, -0.15) is 4.31 Å². The van der Waals surface area contributed by atoms with Gasteiger partial charge in [0.25, 0.3) is 0 Å². The van der Waals surface area contributed by atoms with Gasteiger partial charge in [0.1, 0.15) is 0 Å². The van der Waals surface area contributed by atoms with Crippen molar-refractivity contribution < 1.29 is 8.42 Å². The average Bonchev–Trinajstić information content (AvgIpc) is 2.47. The molecule has 1 aliphatic heterocycles. The molecule has 1 saturated heterocycles. The molecule has 21 heavy (non-hydrogen) atoms. The summed E-state index contributed by atoms with van der Waals surface area (Å²) >= 11 is 0. The van der Waals surface area contributed by atoms with Crippen molar-refractivity contribution >= 4 is 10.0 Å². The highest BCUT2D eigenvalue weighted by Crippen LogP contribution is 2.24. The van der Waals surface area contributed by atoms with E-state index >= 15 is 0 Å². The standard InChI is InChI=1S/C15H25N3O2S/c1-4-17-8-9-18(11-12(17)2)21(19,20)15-7-5-6-14(10-16)13(15)3/h5-7,12H,4,8-11,16H2,1-3H3. The maximum atomic E-state index is 12.9. The average molecular weight is 311 g/mol. The molecule has 2 rings (SSSR count).